The number of rotatable bonds is 3. The Hall–Kier alpha value is -1.52. The van der Waals surface area contributed by atoms with Crippen molar-refractivity contribution in [3.8, 4) is 6.07 Å². The lowest BCUT2D eigenvalue weighted by atomic mass is 10.5. The molecule has 0 atom stereocenters. The summed E-state index contributed by atoms with van der Waals surface area (Å²) in [7, 11) is 0. The van der Waals surface area contributed by atoms with Gasteiger partial charge in [-0.2, -0.15) is 9.64 Å². The Morgan fingerprint density at radius 3 is 2.94 bits per heavy atom. The molecule has 0 spiro atoms. The number of aryl methyl sites for hydroxylation is 1. The average Bonchev–Trinajstić information content (AvgIpc) is 2.77. The van der Waals surface area contributed by atoms with Gasteiger partial charge in [0.25, 0.3) is 0 Å². The molecule has 0 amide bonds. The fraction of sp³-hybridized carbons (Fsp3) is 0.222. The molecule has 0 saturated heterocycles. The third-order valence-electron chi connectivity index (χ3n) is 1.72. The molecule has 2 aromatic heterocycles. The molecule has 0 radical (unpaired) electrons. The molecule has 0 aromatic carbocycles. The Labute approximate surface area is 101 Å². The second-order valence-corrected chi connectivity index (χ2v) is 4.74. The molecule has 0 aliphatic rings. The minimum absolute atomic E-state index is 0.320. The van der Waals surface area contributed by atoms with E-state index in [0.29, 0.717) is 10.7 Å². The Morgan fingerprint density at radius 1 is 1.44 bits per heavy atom. The molecule has 0 unspecified atom stereocenters. The standard InChI is InChI=1S/C9H7N5S2/c1-2-7-13-9(16-14-7)15-8-6(5-10)11-3-4-12-8/h3-4H,2H2,1H3. The van der Waals surface area contributed by atoms with Crippen molar-refractivity contribution < 1.29 is 0 Å². The quantitative estimate of drug-likeness (QED) is 0.827. The van der Waals surface area contributed by atoms with E-state index in [1.165, 1.54) is 29.5 Å². The van der Waals surface area contributed by atoms with Crippen molar-refractivity contribution in [2.75, 3.05) is 0 Å². The first-order valence-corrected chi connectivity index (χ1v) is 6.14. The molecule has 0 bridgehead atoms. The van der Waals surface area contributed by atoms with Gasteiger partial charge >= 0.3 is 0 Å². The summed E-state index contributed by atoms with van der Waals surface area (Å²) in [6, 6.07) is 2.00. The van der Waals surface area contributed by atoms with Crippen LogP contribution in [0.25, 0.3) is 0 Å². The highest BCUT2D eigenvalue weighted by Crippen LogP contribution is 2.28. The molecule has 2 aromatic rings. The van der Waals surface area contributed by atoms with E-state index in [0.717, 1.165) is 16.6 Å². The van der Waals surface area contributed by atoms with Gasteiger partial charge in [0, 0.05) is 18.8 Å². The van der Waals surface area contributed by atoms with E-state index < -0.39 is 0 Å². The zero-order chi connectivity index (χ0) is 11.4. The maximum absolute atomic E-state index is 8.85. The summed E-state index contributed by atoms with van der Waals surface area (Å²) >= 11 is 2.64. The first-order valence-electron chi connectivity index (χ1n) is 4.55. The fourth-order valence-corrected chi connectivity index (χ4v) is 2.60. The monoisotopic (exact) mass is 249 g/mol. The molecular weight excluding hydrogens is 242 g/mol. The van der Waals surface area contributed by atoms with Crippen LogP contribution in [0.1, 0.15) is 18.4 Å². The highest BCUT2D eigenvalue weighted by Gasteiger charge is 2.10. The van der Waals surface area contributed by atoms with E-state index in [4.69, 9.17) is 5.26 Å². The topological polar surface area (TPSA) is 75.3 Å². The van der Waals surface area contributed by atoms with Crippen LogP contribution in [0.5, 0.6) is 0 Å². The van der Waals surface area contributed by atoms with E-state index in [-0.39, 0.29) is 0 Å². The SMILES string of the molecule is CCc1nsc(Sc2nccnc2C#N)n1. The Kier molecular flexibility index (Phi) is 3.44. The van der Waals surface area contributed by atoms with Gasteiger partial charge in [0.2, 0.25) is 0 Å². The van der Waals surface area contributed by atoms with Gasteiger partial charge in [0.15, 0.2) is 10.0 Å². The van der Waals surface area contributed by atoms with Crippen LogP contribution in [0.15, 0.2) is 21.8 Å². The number of aromatic nitrogens is 4. The normalized spacial score (nSPS) is 10.0. The van der Waals surface area contributed by atoms with Crippen molar-refractivity contribution in [3.05, 3.63) is 23.9 Å². The van der Waals surface area contributed by atoms with E-state index in [1.54, 1.807) is 6.20 Å². The smallest absolute Gasteiger partial charge is 0.176 e. The summed E-state index contributed by atoms with van der Waals surface area (Å²) in [5.41, 5.74) is 0.320. The van der Waals surface area contributed by atoms with Gasteiger partial charge in [-0.05, 0) is 23.3 Å². The molecular formula is C9H7N5S2. The number of hydrogen-bond acceptors (Lipinski definition) is 7. The van der Waals surface area contributed by atoms with Gasteiger partial charge in [-0.15, -0.1) is 0 Å². The predicted octanol–water partition coefficient (Wildman–Crippen LogP) is 1.91. The molecule has 0 aliphatic carbocycles. The van der Waals surface area contributed by atoms with Gasteiger partial charge in [0.05, 0.1) is 0 Å². The molecule has 0 N–H and O–H groups in total. The molecule has 0 fully saturated rings. The Bertz CT molecular complexity index is 531. The van der Waals surface area contributed by atoms with Crippen LogP contribution in [-0.2, 0) is 6.42 Å². The van der Waals surface area contributed by atoms with Crippen molar-refractivity contribution in [1.29, 1.82) is 5.26 Å². The number of nitriles is 1. The fourth-order valence-electron chi connectivity index (χ4n) is 0.982. The Morgan fingerprint density at radius 2 is 2.25 bits per heavy atom. The lowest BCUT2D eigenvalue weighted by Crippen LogP contribution is -1.89. The summed E-state index contributed by atoms with van der Waals surface area (Å²) in [6.45, 7) is 2.00. The van der Waals surface area contributed by atoms with Crippen molar-refractivity contribution in [2.24, 2.45) is 0 Å². The summed E-state index contributed by atoms with van der Waals surface area (Å²) in [4.78, 5) is 12.3. The molecule has 5 nitrogen and oxygen atoms in total. The second-order valence-electron chi connectivity index (χ2n) is 2.75. The van der Waals surface area contributed by atoms with Crippen molar-refractivity contribution in [2.45, 2.75) is 22.7 Å². The van der Waals surface area contributed by atoms with E-state index in [1.807, 2.05) is 13.0 Å². The molecule has 16 heavy (non-hydrogen) atoms. The van der Waals surface area contributed by atoms with Crippen LogP contribution in [0.4, 0.5) is 0 Å². The molecule has 80 valence electrons. The average molecular weight is 249 g/mol. The van der Waals surface area contributed by atoms with Crippen molar-refractivity contribution in [1.82, 2.24) is 19.3 Å². The maximum atomic E-state index is 8.85. The van der Waals surface area contributed by atoms with Gasteiger partial charge in [-0.1, -0.05) is 6.92 Å². The zero-order valence-corrected chi connectivity index (χ0v) is 10.0. The lowest BCUT2D eigenvalue weighted by Gasteiger charge is -1.96. The summed E-state index contributed by atoms with van der Waals surface area (Å²) in [5.74, 6) is 0.815. The Balaban J connectivity index is 2.24. The molecule has 0 saturated carbocycles. The summed E-state index contributed by atoms with van der Waals surface area (Å²) < 4.78 is 4.95. The predicted molar refractivity (Wildman–Crippen MR) is 60.2 cm³/mol. The van der Waals surface area contributed by atoms with Crippen LogP contribution in [-0.4, -0.2) is 19.3 Å². The van der Waals surface area contributed by atoms with E-state index >= 15 is 0 Å². The van der Waals surface area contributed by atoms with E-state index in [9.17, 15) is 0 Å². The lowest BCUT2D eigenvalue weighted by molar-refractivity contribution is 0.967. The van der Waals surface area contributed by atoms with Crippen molar-refractivity contribution >= 4 is 23.3 Å². The zero-order valence-electron chi connectivity index (χ0n) is 8.41. The maximum Gasteiger partial charge on any atom is 0.176 e. The molecule has 2 rings (SSSR count). The minimum Gasteiger partial charge on any atom is -0.245 e. The van der Waals surface area contributed by atoms with Gasteiger partial charge in [-0.3, -0.25) is 0 Å². The number of nitrogens with zero attached hydrogens (tertiary/aromatic N) is 5. The highest BCUT2D eigenvalue weighted by atomic mass is 32.2. The van der Waals surface area contributed by atoms with Crippen LogP contribution in [0.2, 0.25) is 0 Å². The van der Waals surface area contributed by atoms with E-state index in [2.05, 4.69) is 19.3 Å². The molecule has 7 heteroatoms. The van der Waals surface area contributed by atoms with Crippen LogP contribution in [0.3, 0.4) is 0 Å². The third-order valence-corrected chi connectivity index (χ3v) is 3.50. The largest absolute Gasteiger partial charge is 0.245 e. The summed E-state index contributed by atoms with van der Waals surface area (Å²) in [5, 5.41) is 9.42. The first-order chi connectivity index (χ1) is 7.83. The van der Waals surface area contributed by atoms with Crippen LogP contribution >= 0.6 is 23.3 Å². The number of hydrogen-bond donors (Lipinski definition) is 0. The summed E-state index contributed by atoms with van der Waals surface area (Å²) in [6.07, 6.45) is 3.87. The third kappa shape index (κ3) is 2.35. The molecule has 2 heterocycles. The van der Waals surface area contributed by atoms with Gasteiger partial charge in [0.1, 0.15) is 16.9 Å². The highest BCUT2D eigenvalue weighted by molar-refractivity contribution is 8.00. The van der Waals surface area contributed by atoms with Gasteiger partial charge < -0.3 is 0 Å². The molecule has 0 aliphatic heterocycles. The van der Waals surface area contributed by atoms with Gasteiger partial charge in [-0.25, -0.2) is 15.0 Å². The minimum atomic E-state index is 0.320. The van der Waals surface area contributed by atoms with Crippen LogP contribution < -0.4 is 0 Å². The second kappa shape index (κ2) is 5.01. The van der Waals surface area contributed by atoms with Crippen molar-refractivity contribution in [3.63, 3.8) is 0 Å². The van der Waals surface area contributed by atoms with Crippen LogP contribution in [0, 0.1) is 11.3 Å². The first kappa shape index (κ1) is 11.0.